The summed E-state index contributed by atoms with van der Waals surface area (Å²) in [6.45, 7) is 17.5. The molecule has 0 aliphatic carbocycles. The summed E-state index contributed by atoms with van der Waals surface area (Å²) in [7, 11) is -1.81. The number of benzene rings is 2. The maximum atomic E-state index is 6.78. The van der Waals surface area contributed by atoms with E-state index in [1.807, 2.05) is 17.8 Å². The number of aryl methyl sites for hydroxylation is 1. The van der Waals surface area contributed by atoms with Crippen LogP contribution in [0.15, 0.2) is 42.5 Å². The Morgan fingerprint density at radius 1 is 1.09 bits per heavy atom. The minimum atomic E-state index is -1.81. The predicted molar refractivity (Wildman–Crippen MR) is 148 cm³/mol. The van der Waals surface area contributed by atoms with Gasteiger partial charge in [0.2, 0.25) is 0 Å². The van der Waals surface area contributed by atoms with E-state index in [2.05, 4.69) is 98.9 Å². The number of nitrogens with zero attached hydrogens (tertiary/aromatic N) is 3. The van der Waals surface area contributed by atoms with Gasteiger partial charge in [0.1, 0.15) is 5.82 Å². The lowest BCUT2D eigenvalue weighted by molar-refractivity contribution is 0.252. The molecule has 0 bridgehead atoms. The third kappa shape index (κ3) is 5.30. The first-order chi connectivity index (χ1) is 15.9. The number of fused-ring (bicyclic) bond motifs is 1. The fourth-order valence-electron chi connectivity index (χ4n) is 3.93. The molecule has 182 valence electrons. The van der Waals surface area contributed by atoms with Crippen LogP contribution in [0.4, 0.5) is 0 Å². The third-order valence-electron chi connectivity index (χ3n) is 7.26. The van der Waals surface area contributed by atoms with Crippen LogP contribution in [0.5, 0.6) is 0 Å². The fraction of sp³-hybridized carbons (Fsp3) is 0.481. The zero-order chi connectivity index (χ0) is 24.7. The molecule has 1 aliphatic rings. The van der Waals surface area contributed by atoms with Gasteiger partial charge < -0.3 is 8.99 Å². The van der Waals surface area contributed by atoms with Gasteiger partial charge in [-0.3, -0.25) is 0 Å². The molecule has 7 heteroatoms. The lowest BCUT2D eigenvalue weighted by Gasteiger charge is -2.39. The molecule has 1 aliphatic heterocycles. The first-order valence-corrected chi connectivity index (χ1v) is 16.2. The van der Waals surface area contributed by atoms with E-state index in [0.717, 1.165) is 53.7 Å². The van der Waals surface area contributed by atoms with Gasteiger partial charge in [0, 0.05) is 35.6 Å². The molecule has 2 heterocycles. The SMILES string of the molecule is Cc1ccc(-c2ccc(-c3nnc4n3CCSC(C)(CO[Si](C)(C)C(C)(C)C)C4)c(Cl)c2)cc1. The first kappa shape index (κ1) is 25.5. The van der Waals surface area contributed by atoms with Crippen LogP contribution in [0, 0.1) is 6.92 Å². The van der Waals surface area contributed by atoms with Gasteiger partial charge in [-0.1, -0.05) is 68.3 Å². The van der Waals surface area contributed by atoms with Gasteiger partial charge in [0.25, 0.3) is 0 Å². The molecule has 1 unspecified atom stereocenters. The highest BCUT2D eigenvalue weighted by Gasteiger charge is 2.40. The second kappa shape index (κ2) is 9.45. The summed E-state index contributed by atoms with van der Waals surface area (Å²) in [5.41, 5.74) is 4.45. The lowest BCUT2D eigenvalue weighted by Crippen LogP contribution is -2.45. The average molecular weight is 514 g/mol. The van der Waals surface area contributed by atoms with Gasteiger partial charge in [0.05, 0.1) is 5.02 Å². The van der Waals surface area contributed by atoms with Crippen molar-refractivity contribution in [2.24, 2.45) is 0 Å². The summed E-state index contributed by atoms with van der Waals surface area (Å²) in [5, 5.41) is 10.1. The number of aromatic nitrogens is 3. The standard InChI is InChI=1S/C27H36ClN3OSSi/c1-19-8-10-20(11-9-19)21-12-13-22(23(28)16-21)25-30-29-24-17-27(5,33-15-14-31(24)25)18-32-34(6,7)26(2,3)4/h8-13,16H,14-15,17-18H2,1-7H3. The van der Waals surface area contributed by atoms with Crippen molar-refractivity contribution in [3.8, 4) is 22.5 Å². The number of hydrogen-bond acceptors (Lipinski definition) is 4. The minimum Gasteiger partial charge on any atom is -0.415 e. The number of rotatable bonds is 5. The average Bonchev–Trinajstić information content (AvgIpc) is 3.05. The Kier molecular flexibility index (Phi) is 7.09. The van der Waals surface area contributed by atoms with Crippen molar-refractivity contribution in [2.75, 3.05) is 12.4 Å². The molecule has 0 saturated heterocycles. The third-order valence-corrected chi connectivity index (χ3v) is 13.4. The van der Waals surface area contributed by atoms with E-state index < -0.39 is 8.32 Å². The van der Waals surface area contributed by atoms with Gasteiger partial charge in [-0.2, -0.15) is 11.8 Å². The van der Waals surface area contributed by atoms with Crippen molar-refractivity contribution >= 4 is 31.7 Å². The van der Waals surface area contributed by atoms with E-state index >= 15 is 0 Å². The molecule has 3 aromatic rings. The largest absolute Gasteiger partial charge is 0.415 e. The van der Waals surface area contributed by atoms with Crippen molar-refractivity contribution in [3.63, 3.8) is 0 Å². The molecule has 1 atom stereocenters. The molecular weight excluding hydrogens is 478 g/mol. The monoisotopic (exact) mass is 513 g/mol. The highest BCUT2D eigenvalue weighted by molar-refractivity contribution is 8.00. The smallest absolute Gasteiger partial charge is 0.192 e. The second-order valence-corrected chi connectivity index (χ2v) is 18.1. The summed E-state index contributed by atoms with van der Waals surface area (Å²) < 4.78 is 8.85. The van der Waals surface area contributed by atoms with Gasteiger partial charge >= 0.3 is 0 Å². The lowest BCUT2D eigenvalue weighted by atomic mass is 10.0. The number of halogens is 1. The van der Waals surface area contributed by atoms with Gasteiger partial charge in [-0.15, -0.1) is 10.2 Å². The summed E-state index contributed by atoms with van der Waals surface area (Å²) in [4.78, 5) is 0. The molecule has 2 aromatic carbocycles. The Bertz CT molecular complexity index is 1170. The van der Waals surface area contributed by atoms with Gasteiger partial charge in [0.15, 0.2) is 14.1 Å². The Balaban J connectivity index is 1.57. The molecule has 34 heavy (non-hydrogen) atoms. The van der Waals surface area contributed by atoms with Crippen LogP contribution in [0.3, 0.4) is 0 Å². The molecule has 4 nitrogen and oxygen atoms in total. The second-order valence-electron chi connectivity index (χ2n) is 11.2. The highest BCUT2D eigenvalue weighted by Crippen LogP contribution is 2.40. The van der Waals surface area contributed by atoms with E-state index in [9.17, 15) is 0 Å². The topological polar surface area (TPSA) is 39.9 Å². The Hall–Kier alpha value is -1.60. The number of thioether (sulfide) groups is 1. The van der Waals surface area contributed by atoms with Crippen LogP contribution in [0.2, 0.25) is 23.2 Å². The highest BCUT2D eigenvalue weighted by atomic mass is 35.5. The van der Waals surface area contributed by atoms with Crippen LogP contribution >= 0.6 is 23.4 Å². The van der Waals surface area contributed by atoms with Crippen molar-refractivity contribution in [3.05, 3.63) is 58.9 Å². The van der Waals surface area contributed by atoms with Crippen molar-refractivity contribution in [1.82, 2.24) is 14.8 Å². The molecule has 0 amide bonds. The van der Waals surface area contributed by atoms with Crippen LogP contribution < -0.4 is 0 Å². The van der Waals surface area contributed by atoms with Gasteiger partial charge in [-0.05, 0) is 55.2 Å². The predicted octanol–water partition coefficient (Wildman–Crippen LogP) is 7.64. The molecule has 0 N–H and O–H groups in total. The van der Waals surface area contributed by atoms with Crippen LogP contribution in [0.1, 0.15) is 39.1 Å². The molecule has 0 spiro atoms. The molecule has 0 radical (unpaired) electrons. The molecular formula is C27H36ClN3OSSi. The van der Waals surface area contributed by atoms with Crippen molar-refractivity contribution < 1.29 is 4.43 Å². The number of hydrogen-bond donors (Lipinski definition) is 0. The van der Waals surface area contributed by atoms with E-state index in [1.165, 1.54) is 5.56 Å². The summed E-state index contributed by atoms with van der Waals surface area (Å²) in [6, 6.07) is 14.7. The zero-order valence-corrected chi connectivity index (χ0v) is 24.0. The van der Waals surface area contributed by atoms with Crippen LogP contribution in [-0.2, 0) is 17.4 Å². The van der Waals surface area contributed by atoms with Crippen LogP contribution in [0.25, 0.3) is 22.5 Å². The maximum Gasteiger partial charge on any atom is 0.192 e. The van der Waals surface area contributed by atoms with E-state index in [-0.39, 0.29) is 9.79 Å². The van der Waals surface area contributed by atoms with Gasteiger partial charge in [-0.25, -0.2) is 0 Å². The Labute approximate surface area is 214 Å². The zero-order valence-electron chi connectivity index (χ0n) is 21.4. The molecule has 4 rings (SSSR count). The van der Waals surface area contributed by atoms with Crippen molar-refractivity contribution in [1.29, 1.82) is 0 Å². The quantitative estimate of drug-likeness (QED) is 0.328. The molecule has 0 saturated carbocycles. The van der Waals surface area contributed by atoms with E-state index in [4.69, 9.17) is 16.0 Å². The summed E-state index contributed by atoms with van der Waals surface area (Å²) in [5.74, 6) is 2.86. The molecule has 1 aromatic heterocycles. The minimum absolute atomic E-state index is 0.0207. The van der Waals surface area contributed by atoms with Crippen LogP contribution in [-0.4, -0.2) is 40.2 Å². The van der Waals surface area contributed by atoms with Crippen molar-refractivity contribution in [2.45, 2.75) is 70.5 Å². The fourth-order valence-corrected chi connectivity index (χ4v) is 6.56. The summed E-state index contributed by atoms with van der Waals surface area (Å²) in [6.07, 6.45) is 0.832. The van der Waals surface area contributed by atoms with E-state index in [0.29, 0.717) is 5.02 Å². The Morgan fingerprint density at radius 3 is 2.41 bits per heavy atom. The van der Waals surface area contributed by atoms with E-state index in [1.54, 1.807) is 0 Å². The normalized spacial score (nSPS) is 19.1. The maximum absolute atomic E-state index is 6.78. The Morgan fingerprint density at radius 2 is 1.76 bits per heavy atom. The summed E-state index contributed by atoms with van der Waals surface area (Å²) >= 11 is 8.77. The first-order valence-electron chi connectivity index (χ1n) is 12.0. The molecule has 0 fully saturated rings.